The van der Waals surface area contributed by atoms with E-state index in [0.29, 0.717) is 16.1 Å². The highest BCUT2D eigenvalue weighted by atomic mass is 79.9. The van der Waals surface area contributed by atoms with Gasteiger partial charge in [0.25, 0.3) is 0 Å². The highest BCUT2D eigenvalue weighted by molar-refractivity contribution is 9.10. The van der Waals surface area contributed by atoms with Crippen LogP contribution in [-0.4, -0.2) is 11.6 Å². The number of benzene rings is 1. The maximum absolute atomic E-state index is 11.7. The van der Waals surface area contributed by atoms with Crippen LogP contribution < -0.4 is 11.2 Å². The minimum Gasteiger partial charge on any atom is -0.444 e. The third-order valence-corrected chi connectivity index (χ3v) is 2.88. The first-order valence-corrected chi connectivity index (χ1v) is 6.31. The Morgan fingerprint density at radius 1 is 1.26 bits per heavy atom. The molecule has 19 heavy (non-hydrogen) atoms. The van der Waals surface area contributed by atoms with Gasteiger partial charge in [0.1, 0.15) is 0 Å². The second-order valence-corrected chi connectivity index (χ2v) is 4.65. The molecule has 1 aromatic carbocycles. The van der Waals surface area contributed by atoms with Gasteiger partial charge >= 0.3 is 5.91 Å². The van der Waals surface area contributed by atoms with Crippen LogP contribution in [0.1, 0.15) is 23.0 Å². The molecule has 0 fully saturated rings. The van der Waals surface area contributed by atoms with E-state index in [9.17, 15) is 4.79 Å². The topological polar surface area (TPSA) is 80.6 Å². The molecule has 0 bridgehead atoms. The second-order valence-electron chi connectivity index (χ2n) is 3.86. The molecule has 1 amide bonds. The number of furan rings is 1. The summed E-state index contributed by atoms with van der Waals surface area (Å²) in [5.74, 6) is -0.207. The number of amides is 1. The average Bonchev–Trinajstić information content (AvgIpc) is 2.83. The van der Waals surface area contributed by atoms with Crippen molar-refractivity contribution < 1.29 is 9.21 Å². The molecule has 1 heterocycles. The Morgan fingerprint density at radius 2 is 1.95 bits per heavy atom. The number of hydrogen-bond acceptors (Lipinski definition) is 4. The molecule has 1 aromatic heterocycles. The Bertz CT molecular complexity index is 617. The number of rotatable bonds is 3. The summed E-state index contributed by atoms with van der Waals surface area (Å²) in [6, 6.07) is 10.4. The zero-order valence-electron chi connectivity index (χ0n) is 10.2. The van der Waals surface area contributed by atoms with Crippen molar-refractivity contribution in [2.75, 3.05) is 5.73 Å². The molecule has 6 heteroatoms. The molecule has 5 nitrogen and oxygen atoms in total. The number of nitrogens with zero attached hydrogens (tertiary/aromatic N) is 1. The predicted molar refractivity (Wildman–Crippen MR) is 76.9 cm³/mol. The number of carbonyl (C=O) groups is 1. The van der Waals surface area contributed by atoms with Gasteiger partial charge in [0.05, 0.1) is 5.71 Å². The normalized spacial score (nSPS) is 11.4. The van der Waals surface area contributed by atoms with Gasteiger partial charge in [-0.1, -0.05) is 12.1 Å². The highest BCUT2D eigenvalue weighted by Gasteiger charge is 2.09. The molecule has 0 saturated carbocycles. The van der Waals surface area contributed by atoms with Gasteiger partial charge in [0, 0.05) is 5.69 Å². The van der Waals surface area contributed by atoms with Crippen molar-refractivity contribution in [2.45, 2.75) is 6.92 Å². The third kappa shape index (κ3) is 3.45. The summed E-state index contributed by atoms with van der Waals surface area (Å²) in [6.07, 6.45) is 0. The number of nitrogens with one attached hydrogen (secondary N) is 1. The SMILES string of the molecule is C/C(=N/NC(=O)c1ccc(Br)o1)c1ccc(N)cc1. The van der Waals surface area contributed by atoms with Crippen molar-refractivity contribution >= 4 is 33.2 Å². The van der Waals surface area contributed by atoms with Crippen LogP contribution in [0.25, 0.3) is 0 Å². The van der Waals surface area contributed by atoms with Gasteiger partial charge in [-0.25, -0.2) is 5.43 Å². The number of hydrazone groups is 1. The highest BCUT2D eigenvalue weighted by Crippen LogP contribution is 2.13. The summed E-state index contributed by atoms with van der Waals surface area (Å²) in [7, 11) is 0. The number of nitrogens with two attached hydrogens (primary N) is 1. The number of halogens is 1. The molecule has 0 spiro atoms. The van der Waals surface area contributed by atoms with E-state index in [1.165, 1.54) is 0 Å². The Hall–Kier alpha value is -2.08. The molecule has 0 radical (unpaired) electrons. The van der Waals surface area contributed by atoms with Gasteiger partial charge in [-0.05, 0) is 52.7 Å². The zero-order chi connectivity index (χ0) is 13.8. The van der Waals surface area contributed by atoms with E-state index in [1.807, 2.05) is 12.1 Å². The Kier molecular flexibility index (Phi) is 4.01. The molecule has 2 aromatic rings. The Labute approximate surface area is 118 Å². The number of nitrogen functional groups attached to an aromatic ring is 1. The fourth-order valence-corrected chi connectivity index (χ4v) is 1.72. The van der Waals surface area contributed by atoms with Gasteiger partial charge in [0.15, 0.2) is 10.4 Å². The van der Waals surface area contributed by atoms with Crippen LogP contribution in [0.5, 0.6) is 0 Å². The quantitative estimate of drug-likeness (QED) is 0.518. The molecule has 0 atom stereocenters. The van der Waals surface area contributed by atoms with Gasteiger partial charge in [0.2, 0.25) is 0 Å². The lowest BCUT2D eigenvalue weighted by atomic mass is 10.1. The van der Waals surface area contributed by atoms with Crippen LogP contribution in [-0.2, 0) is 0 Å². The van der Waals surface area contributed by atoms with Crippen LogP contribution in [0.2, 0.25) is 0 Å². The number of anilines is 1. The Balaban J connectivity index is 2.06. The lowest BCUT2D eigenvalue weighted by Crippen LogP contribution is -2.18. The zero-order valence-corrected chi connectivity index (χ0v) is 11.8. The summed E-state index contributed by atoms with van der Waals surface area (Å²) in [5, 5.41) is 4.01. The second kappa shape index (κ2) is 5.71. The van der Waals surface area contributed by atoms with Crippen molar-refractivity contribution in [3.63, 3.8) is 0 Å². The number of carbonyl (C=O) groups excluding carboxylic acids is 1. The monoisotopic (exact) mass is 321 g/mol. The summed E-state index contributed by atoms with van der Waals surface area (Å²) in [5.41, 5.74) is 10.3. The van der Waals surface area contributed by atoms with Gasteiger partial charge < -0.3 is 10.2 Å². The fraction of sp³-hybridized carbons (Fsp3) is 0.0769. The summed E-state index contributed by atoms with van der Waals surface area (Å²) >= 11 is 3.13. The molecular formula is C13H12BrN3O2. The summed E-state index contributed by atoms with van der Waals surface area (Å²) in [6.45, 7) is 1.80. The van der Waals surface area contributed by atoms with Gasteiger partial charge in [-0.2, -0.15) is 5.10 Å². The van der Waals surface area contributed by atoms with E-state index >= 15 is 0 Å². The maximum atomic E-state index is 11.7. The predicted octanol–water partition coefficient (Wildman–Crippen LogP) is 2.78. The molecule has 0 aliphatic heterocycles. The molecular weight excluding hydrogens is 310 g/mol. The summed E-state index contributed by atoms with van der Waals surface area (Å²) in [4.78, 5) is 11.7. The molecule has 0 saturated heterocycles. The van der Waals surface area contributed by atoms with Crippen LogP contribution >= 0.6 is 15.9 Å². The first-order valence-electron chi connectivity index (χ1n) is 5.52. The van der Waals surface area contributed by atoms with E-state index in [1.54, 1.807) is 31.2 Å². The van der Waals surface area contributed by atoms with Crippen molar-refractivity contribution in [3.05, 3.63) is 52.4 Å². The first kappa shape index (κ1) is 13.4. The standard InChI is InChI=1S/C13H12BrN3O2/c1-8(9-2-4-10(15)5-3-9)16-17-13(18)11-6-7-12(14)19-11/h2-7H,15H2,1H3,(H,17,18)/b16-8-. The van der Waals surface area contributed by atoms with Crippen molar-refractivity contribution in [1.29, 1.82) is 0 Å². The van der Waals surface area contributed by atoms with Crippen molar-refractivity contribution in [1.82, 2.24) is 5.43 Å². The molecule has 98 valence electrons. The van der Waals surface area contributed by atoms with E-state index in [2.05, 4.69) is 26.5 Å². The molecule has 0 aliphatic carbocycles. The number of hydrogen-bond donors (Lipinski definition) is 2. The van der Waals surface area contributed by atoms with Crippen LogP contribution in [0, 0.1) is 0 Å². The molecule has 3 N–H and O–H groups in total. The van der Waals surface area contributed by atoms with E-state index in [-0.39, 0.29) is 5.76 Å². The van der Waals surface area contributed by atoms with E-state index in [0.717, 1.165) is 5.56 Å². The molecule has 0 aliphatic rings. The minimum absolute atomic E-state index is 0.195. The average molecular weight is 322 g/mol. The lowest BCUT2D eigenvalue weighted by molar-refractivity contribution is 0.0926. The minimum atomic E-state index is -0.402. The molecule has 0 unspecified atom stereocenters. The first-order chi connectivity index (χ1) is 9.06. The van der Waals surface area contributed by atoms with Crippen LogP contribution in [0.4, 0.5) is 5.69 Å². The fourth-order valence-electron chi connectivity index (χ4n) is 1.41. The Morgan fingerprint density at radius 3 is 2.53 bits per heavy atom. The van der Waals surface area contributed by atoms with Crippen LogP contribution in [0.3, 0.4) is 0 Å². The molecule has 2 rings (SSSR count). The maximum Gasteiger partial charge on any atom is 0.307 e. The largest absolute Gasteiger partial charge is 0.444 e. The lowest BCUT2D eigenvalue weighted by Gasteiger charge is -2.02. The third-order valence-electron chi connectivity index (χ3n) is 2.45. The van der Waals surface area contributed by atoms with Crippen molar-refractivity contribution in [2.24, 2.45) is 5.10 Å². The van der Waals surface area contributed by atoms with Gasteiger partial charge in [-0.15, -0.1) is 0 Å². The van der Waals surface area contributed by atoms with Crippen LogP contribution in [0.15, 0.2) is 50.6 Å². The summed E-state index contributed by atoms with van der Waals surface area (Å²) < 4.78 is 5.61. The smallest absolute Gasteiger partial charge is 0.307 e. The van der Waals surface area contributed by atoms with Crippen molar-refractivity contribution in [3.8, 4) is 0 Å². The van der Waals surface area contributed by atoms with Gasteiger partial charge in [-0.3, -0.25) is 4.79 Å². The van der Waals surface area contributed by atoms with E-state index in [4.69, 9.17) is 10.2 Å². The van der Waals surface area contributed by atoms with E-state index < -0.39 is 5.91 Å².